The zero-order valence-corrected chi connectivity index (χ0v) is 17.1. The molecule has 1 aromatic carbocycles. The van der Waals surface area contributed by atoms with E-state index >= 15 is 0 Å². The summed E-state index contributed by atoms with van der Waals surface area (Å²) in [5.41, 5.74) is 2.60. The second-order valence-corrected chi connectivity index (χ2v) is 8.17. The lowest BCUT2D eigenvalue weighted by Gasteiger charge is -2.54. The van der Waals surface area contributed by atoms with E-state index in [4.69, 9.17) is 0 Å². The highest BCUT2D eigenvalue weighted by Crippen LogP contribution is 2.48. The number of anilines is 2. The van der Waals surface area contributed by atoms with Crippen LogP contribution in [0.4, 0.5) is 16.4 Å². The first-order chi connectivity index (χ1) is 13.8. The monoisotopic (exact) mass is 391 g/mol. The zero-order valence-electron chi connectivity index (χ0n) is 17.1. The van der Waals surface area contributed by atoms with Crippen LogP contribution in [-0.4, -0.2) is 51.3 Å². The molecule has 4 rings (SSSR count). The van der Waals surface area contributed by atoms with E-state index in [9.17, 15) is 4.79 Å². The fourth-order valence-electron chi connectivity index (χ4n) is 3.79. The summed E-state index contributed by atoms with van der Waals surface area (Å²) in [6.45, 7) is 5.03. The summed E-state index contributed by atoms with van der Waals surface area (Å²) in [5, 5.41) is 7.45. The molecule has 2 aromatic heterocycles. The first-order valence-electron chi connectivity index (χ1n) is 9.52. The van der Waals surface area contributed by atoms with Gasteiger partial charge in [-0.05, 0) is 29.8 Å². The van der Waals surface area contributed by atoms with Gasteiger partial charge in [-0.2, -0.15) is 4.98 Å². The molecule has 29 heavy (non-hydrogen) atoms. The zero-order chi connectivity index (χ0) is 20.6. The van der Waals surface area contributed by atoms with Crippen molar-refractivity contribution in [3.8, 4) is 5.69 Å². The van der Waals surface area contributed by atoms with Gasteiger partial charge in [0.05, 0.1) is 11.7 Å². The van der Waals surface area contributed by atoms with Gasteiger partial charge in [0, 0.05) is 44.1 Å². The van der Waals surface area contributed by atoms with Crippen LogP contribution in [0, 0.1) is 5.41 Å². The Morgan fingerprint density at radius 1 is 1.24 bits per heavy atom. The predicted molar refractivity (Wildman–Crippen MR) is 112 cm³/mol. The normalized spacial score (nSPS) is 17.5. The number of pyridine rings is 1. The average Bonchev–Trinajstić information content (AvgIpc) is 3.18. The SMILES string of the molecule is CN(C)c1ncn(-c2cccc(NC(=O)N3CC(C)(C)C3c3cccnc3)c2)n1. The molecule has 0 spiro atoms. The van der Waals surface area contributed by atoms with Gasteiger partial charge in [-0.25, -0.2) is 9.48 Å². The molecule has 8 heteroatoms. The number of carbonyl (C=O) groups is 1. The molecule has 8 nitrogen and oxygen atoms in total. The smallest absolute Gasteiger partial charge is 0.322 e. The Balaban J connectivity index is 1.51. The van der Waals surface area contributed by atoms with E-state index < -0.39 is 0 Å². The summed E-state index contributed by atoms with van der Waals surface area (Å²) >= 11 is 0. The first kappa shape index (κ1) is 18.9. The Morgan fingerprint density at radius 2 is 2.07 bits per heavy atom. The number of amides is 2. The first-order valence-corrected chi connectivity index (χ1v) is 9.52. The van der Waals surface area contributed by atoms with Gasteiger partial charge in [-0.1, -0.05) is 26.0 Å². The van der Waals surface area contributed by atoms with Crippen molar-refractivity contribution in [1.29, 1.82) is 0 Å². The van der Waals surface area contributed by atoms with E-state index in [1.54, 1.807) is 17.2 Å². The number of carbonyl (C=O) groups excluding carboxylic acids is 1. The highest BCUT2D eigenvalue weighted by Gasteiger charge is 2.49. The molecule has 1 N–H and O–H groups in total. The number of rotatable bonds is 4. The fourth-order valence-corrected chi connectivity index (χ4v) is 3.79. The average molecular weight is 391 g/mol. The molecule has 0 radical (unpaired) electrons. The second-order valence-electron chi connectivity index (χ2n) is 8.17. The molecular weight excluding hydrogens is 366 g/mol. The van der Waals surface area contributed by atoms with Crippen LogP contribution < -0.4 is 10.2 Å². The molecule has 1 aliphatic rings. The third-order valence-electron chi connectivity index (χ3n) is 5.13. The van der Waals surface area contributed by atoms with Gasteiger partial charge in [0.25, 0.3) is 0 Å². The van der Waals surface area contributed by atoms with E-state index in [0.717, 1.165) is 11.3 Å². The molecule has 0 aliphatic carbocycles. The number of aromatic nitrogens is 4. The Hall–Kier alpha value is -3.42. The summed E-state index contributed by atoms with van der Waals surface area (Å²) in [7, 11) is 3.78. The summed E-state index contributed by atoms with van der Waals surface area (Å²) in [6, 6.07) is 11.4. The molecule has 0 saturated carbocycles. The minimum Gasteiger partial charge on any atom is -0.346 e. The summed E-state index contributed by atoms with van der Waals surface area (Å²) in [6.07, 6.45) is 5.24. The van der Waals surface area contributed by atoms with Crippen LogP contribution >= 0.6 is 0 Å². The second kappa shape index (κ2) is 7.20. The van der Waals surface area contributed by atoms with Crippen LogP contribution in [0.2, 0.25) is 0 Å². The number of hydrogen-bond acceptors (Lipinski definition) is 5. The topological polar surface area (TPSA) is 79.2 Å². The standard InChI is InChI=1S/C21H25N7O/c1-21(2)13-27(18(21)15-7-6-10-22-12-15)20(29)24-16-8-5-9-17(11-16)28-14-23-19(25-28)26(3)4/h5-12,14,18H,13H2,1-4H3,(H,24,29). The number of urea groups is 1. The van der Waals surface area contributed by atoms with E-state index in [2.05, 4.69) is 34.2 Å². The molecular formula is C21H25N7O. The number of likely N-dealkylation sites (tertiary alicyclic amines) is 1. The number of nitrogens with one attached hydrogen (secondary N) is 1. The maximum atomic E-state index is 13.0. The lowest BCUT2D eigenvalue weighted by atomic mass is 9.72. The third-order valence-corrected chi connectivity index (χ3v) is 5.13. The molecule has 1 saturated heterocycles. The lowest BCUT2D eigenvalue weighted by molar-refractivity contribution is -0.0117. The number of benzene rings is 1. The van der Waals surface area contributed by atoms with Crippen LogP contribution in [0.3, 0.4) is 0 Å². The van der Waals surface area contributed by atoms with Gasteiger partial charge in [0.15, 0.2) is 0 Å². The number of nitrogens with zero attached hydrogens (tertiary/aromatic N) is 6. The highest BCUT2D eigenvalue weighted by atomic mass is 16.2. The van der Waals surface area contributed by atoms with Crippen molar-refractivity contribution in [1.82, 2.24) is 24.6 Å². The molecule has 1 unspecified atom stereocenters. The Morgan fingerprint density at radius 3 is 2.72 bits per heavy atom. The van der Waals surface area contributed by atoms with Crippen molar-refractivity contribution in [3.63, 3.8) is 0 Å². The molecule has 1 aliphatic heterocycles. The van der Waals surface area contributed by atoms with Gasteiger partial charge >= 0.3 is 6.03 Å². The fraction of sp³-hybridized carbons (Fsp3) is 0.333. The predicted octanol–water partition coefficient (Wildman–Crippen LogP) is 3.34. The lowest BCUT2D eigenvalue weighted by Crippen LogP contribution is -2.59. The van der Waals surface area contributed by atoms with Crippen LogP contribution in [0.1, 0.15) is 25.5 Å². The molecule has 3 heterocycles. The van der Waals surface area contributed by atoms with E-state index in [1.807, 2.05) is 66.5 Å². The summed E-state index contributed by atoms with van der Waals surface area (Å²) in [4.78, 5) is 25.1. The molecule has 2 amide bonds. The van der Waals surface area contributed by atoms with Crippen molar-refractivity contribution in [3.05, 3.63) is 60.7 Å². The van der Waals surface area contributed by atoms with Gasteiger partial charge in [0.1, 0.15) is 6.33 Å². The van der Waals surface area contributed by atoms with Crippen LogP contribution in [0.25, 0.3) is 5.69 Å². The van der Waals surface area contributed by atoms with E-state index in [-0.39, 0.29) is 17.5 Å². The number of hydrogen-bond donors (Lipinski definition) is 1. The minimum atomic E-state index is -0.122. The van der Waals surface area contributed by atoms with E-state index in [0.29, 0.717) is 18.2 Å². The van der Waals surface area contributed by atoms with Crippen LogP contribution in [-0.2, 0) is 0 Å². The van der Waals surface area contributed by atoms with Gasteiger partial charge in [-0.15, -0.1) is 5.10 Å². The maximum absolute atomic E-state index is 13.0. The Kier molecular flexibility index (Phi) is 4.70. The Bertz CT molecular complexity index is 1010. The molecule has 1 atom stereocenters. The molecule has 150 valence electrons. The molecule has 0 bridgehead atoms. The van der Waals surface area contributed by atoms with Crippen molar-refractivity contribution in [2.75, 3.05) is 30.9 Å². The molecule has 3 aromatic rings. The highest BCUT2D eigenvalue weighted by molar-refractivity contribution is 5.90. The van der Waals surface area contributed by atoms with Gasteiger partial charge in [0.2, 0.25) is 5.95 Å². The maximum Gasteiger partial charge on any atom is 0.322 e. The van der Waals surface area contributed by atoms with Crippen LogP contribution in [0.15, 0.2) is 55.1 Å². The quantitative estimate of drug-likeness (QED) is 0.738. The van der Waals surface area contributed by atoms with Crippen molar-refractivity contribution < 1.29 is 4.79 Å². The van der Waals surface area contributed by atoms with Crippen molar-refractivity contribution >= 4 is 17.7 Å². The summed E-state index contributed by atoms with van der Waals surface area (Å²) in [5.74, 6) is 0.626. The summed E-state index contributed by atoms with van der Waals surface area (Å²) < 4.78 is 1.69. The molecule has 1 fully saturated rings. The Labute approximate surface area is 170 Å². The van der Waals surface area contributed by atoms with E-state index in [1.165, 1.54) is 0 Å². The van der Waals surface area contributed by atoms with Crippen molar-refractivity contribution in [2.24, 2.45) is 5.41 Å². The minimum absolute atomic E-state index is 0.00246. The largest absolute Gasteiger partial charge is 0.346 e. The van der Waals surface area contributed by atoms with Crippen molar-refractivity contribution in [2.45, 2.75) is 19.9 Å². The van der Waals surface area contributed by atoms with Gasteiger partial charge in [-0.3, -0.25) is 4.98 Å². The van der Waals surface area contributed by atoms with Gasteiger partial charge < -0.3 is 15.1 Å². The third kappa shape index (κ3) is 3.65. The van der Waals surface area contributed by atoms with Crippen LogP contribution in [0.5, 0.6) is 0 Å².